The highest BCUT2D eigenvalue weighted by Crippen LogP contribution is 2.24. The largest absolute Gasteiger partial charge is 0.483 e. The topological polar surface area (TPSA) is 26.3 Å². The molecule has 0 radical (unpaired) electrons. The molecule has 20 heavy (non-hydrogen) atoms. The Kier molecular flexibility index (Phi) is 4.08. The average molecular weight is 280 g/mol. The molecule has 0 bridgehead atoms. The smallest absolute Gasteiger partial charge is 0.191 e. The van der Waals surface area contributed by atoms with E-state index in [2.05, 4.69) is 0 Å². The Balaban J connectivity index is 2.21. The van der Waals surface area contributed by atoms with Crippen LogP contribution in [0.15, 0.2) is 30.3 Å². The van der Waals surface area contributed by atoms with Gasteiger partial charge in [0.05, 0.1) is 0 Å². The predicted molar refractivity (Wildman–Crippen MR) is 67.2 cm³/mol. The molecule has 0 unspecified atom stereocenters. The Morgan fingerprint density at radius 3 is 2.30 bits per heavy atom. The molecule has 0 N–H and O–H groups in total. The van der Waals surface area contributed by atoms with Crippen LogP contribution in [0.3, 0.4) is 0 Å². The summed E-state index contributed by atoms with van der Waals surface area (Å²) in [5.74, 6) is -2.85. The Labute approximate surface area is 113 Å². The first-order chi connectivity index (χ1) is 9.51. The molecule has 0 aliphatic carbocycles. The second-order valence-electron chi connectivity index (χ2n) is 4.29. The van der Waals surface area contributed by atoms with Crippen LogP contribution < -0.4 is 4.74 Å². The molecule has 2 rings (SSSR count). The van der Waals surface area contributed by atoms with E-state index in [9.17, 15) is 18.0 Å². The maximum atomic E-state index is 13.6. The molecule has 0 aliphatic heterocycles. The zero-order valence-electron chi connectivity index (χ0n) is 10.6. The van der Waals surface area contributed by atoms with Crippen molar-refractivity contribution in [3.8, 4) is 5.75 Å². The van der Waals surface area contributed by atoms with E-state index in [1.54, 1.807) is 6.92 Å². The van der Waals surface area contributed by atoms with Gasteiger partial charge in [-0.3, -0.25) is 4.79 Å². The fraction of sp³-hybridized carbons (Fsp3) is 0.133. The van der Waals surface area contributed by atoms with Gasteiger partial charge in [-0.25, -0.2) is 13.2 Å². The van der Waals surface area contributed by atoms with Crippen molar-refractivity contribution in [3.05, 3.63) is 64.5 Å². The number of carbonyl (C=O) groups is 1. The van der Waals surface area contributed by atoms with Gasteiger partial charge in [0.25, 0.3) is 0 Å². The highest BCUT2D eigenvalue weighted by Gasteiger charge is 2.13. The lowest BCUT2D eigenvalue weighted by molar-refractivity contribution is 0.112. The molecule has 0 saturated heterocycles. The van der Waals surface area contributed by atoms with Gasteiger partial charge in [0.15, 0.2) is 17.4 Å². The van der Waals surface area contributed by atoms with Crippen LogP contribution in [0.4, 0.5) is 13.2 Å². The summed E-state index contributed by atoms with van der Waals surface area (Å²) in [7, 11) is 0. The minimum Gasteiger partial charge on any atom is -0.483 e. The molecule has 2 aromatic carbocycles. The lowest BCUT2D eigenvalue weighted by Gasteiger charge is -2.10. The van der Waals surface area contributed by atoms with Crippen LogP contribution >= 0.6 is 0 Å². The van der Waals surface area contributed by atoms with Gasteiger partial charge < -0.3 is 4.74 Å². The Morgan fingerprint density at radius 1 is 1.10 bits per heavy atom. The Bertz CT molecular complexity index is 631. The lowest BCUT2D eigenvalue weighted by Crippen LogP contribution is -2.02. The van der Waals surface area contributed by atoms with E-state index in [1.807, 2.05) is 0 Å². The van der Waals surface area contributed by atoms with Crippen molar-refractivity contribution in [2.24, 2.45) is 0 Å². The van der Waals surface area contributed by atoms with E-state index in [0.717, 1.165) is 12.1 Å². The molecule has 0 saturated carbocycles. The fourth-order valence-corrected chi connectivity index (χ4v) is 1.76. The normalized spacial score (nSPS) is 10.4. The van der Waals surface area contributed by atoms with E-state index in [4.69, 9.17) is 4.74 Å². The maximum Gasteiger partial charge on any atom is 0.191 e. The molecule has 0 spiro atoms. The van der Waals surface area contributed by atoms with Gasteiger partial charge in [-0.2, -0.15) is 0 Å². The van der Waals surface area contributed by atoms with E-state index < -0.39 is 17.4 Å². The van der Waals surface area contributed by atoms with E-state index >= 15 is 0 Å². The zero-order valence-corrected chi connectivity index (χ0v) is 10.6. The molecule has 0 aliphatic rings. The van der Waals surface area contributed by atoms with Gasteiger partial charge in [-0.15, -0.1) is 0 Å². The van der Waals surface area contributed by atoms with Crippen LogP contribution in [0.2, 0.25) is 0 Å². The molecule has 0 fully saturated rings. The average Bonchev–Trinajstić information content (AvgIpc) is 2.39. The van der Waals surface area contributed by atoms with Crippen LogP contribution in [-0.2, 0) is 6.61 Å². The highest BCUT2D eigenvalue weighted by atomic mass is 19.1. The van der Waals surface area contributed by atoms with Gasteiger partial charge in [-0.05, 0) is 42.3 Å². The second-order valence-corrected chi connectivity index (χ2v) is 4.29. The molecular formula is C15H11F3O2. The third-order valence-corrected chi connectivity index (χ3v) is 2.83. The number of ether oxygens (including phenoxy) is 1. The first-order valence-electron chi connectivity index (χ1n) is 5.83. The van der Waals surface area contributed by atoms with E-state index in [0.29, 0.717) is 17.4 Å². The van der Waals surface area contributed by atoms with Crippen molar-refractivity contribution in [2.45, 2.75) is 13.5 Å². The van der Waals surface area contributed by atoms with Crippen molar-refractivity contribution >= 4 is 6.29 Å². The minimum absolute atomic E-state index is 0.0968. The second kappa shape index (κ2) is 5.77. The van der Waals surface area contributed by atoms with Crippen molar-refractivity contribution in [1.29, 1.82) is 0 Å². The van der Waals surface area contributed by atoms with E-state index in [-0.39, 0.29) is 18.0 Å². The monoisotopic (exact) mass is 280 g/mol. The van der Waals surface area contributed by atoms with Crippen LogP contribution in [0.25, 0.3) is 0 Å². The van der Waals surface area contributed by atoms with Gasteiger partial charge in [-0.1, -0.05) is 6.07 Å². The first kappa shape index (κ1) is 14.1. The number of benzene rings is 2. The third-order valence-electron chi connectivity index (χ3n) is 2.83. The van der Waals surface area contributed by atoms with Gasteiger partial charge in [0.1, 0.15) is 18.7 Å². The Hall–Kier alpha value is -2.30. The summed E-state index contributed by atoms with van der Waals surface area (Å²) in [5, 5.41) is 0. The van der Waals surface area contributed by atoms with Crippen molar-refractivity contribution in [1.82, 2.24) is 0 Å². The van der Waals surface area contributed by atoms with Gasteiger partial charge in [0, 0.05) is 5.56 Å². The Morgan fingerprint density at radius 2 is 1.75 bits per heavy atom. The molecule has 0 atom stereocenters. The highest BCUT2D eigenvalue weighted by molar-refractivity contribution is 5.75. The molecule has 5 heteroatoms. The molecule has 104 valence electrons. The number of carbonyl (C=O) groups excluding carboxylic acids is 1. The summed E-state index contributed by atoms with van der Waals surface area (Å²) in [6.45, 7) is 1.57. The zero-order chi connectivity index (χ0) is 14.7. The summed E-state index contributed by atoms with van der Waals surface area (Å²) in [6, 6.07) is 5.82. The van der Waals surface area contributed by atoms with E-state index in [1.165, 1.54) is 18.2 Å². The summed E-state index contributed by atoms with van der Waals surface area (Å²) in [5.41, 5.74) is 1.13. The minimum atomic E-state index is -0.952. The molecule has 2 aromatic rings. The summed E-state index contributed by atoms with van der Waals surface area (Å²) < 4.78 is 45.2. The summed E-state index contributed by atoms with van der Waals surface area (Å²) in [6.07, 6.45) is 0.347. The number of hydrogen-bond acceptors (Lipinski definition) is 2. The first-order valence-corrected chi connectivity index (χ1v) is 5.83. The summed E-state index contributed by atoms with van der Waals surface area (Å²) in [4.78, 5) is 10.5. The van der Waals surface area contributed by atoms with Crippen LogP contribution in [0.5, 0.6) is 5.75 Å². The van der Waals surface area contributed by atoms with Crippen molar-refractivity contribution in [3.63, 3.8) is 0 Å². The SMILES string of the molecule is Cc1cc(F)ccc1COc1c(F)cc(C=O)cc1F. The predicted octanol–water partition coefficient (Wildman–Crippen LogP) is 3.80. The molecular weight excluding hydrogens is 269 g/mol. The molecule has 0 heterocycles. The standard InChI is InChI=1S/C15H11F3O2/c1-9-4-12(16)3-2-11(9)8-20-15-13(17)5-10(7-19)6-14(15)18/h2-7H,8H2,1H3. The fourth-order valence-electron chi connectivity index (χ4n) is 1.76. The van der Waals surface area contributed by atoms with Gasteiger partial charge >= 0.3 is 0 Å². The molecule has 0 amide bonds. The van der Waals surface area contributed by atoms with Crippen LogP contribution in [0.1, 0.15) is 21.5 Å². The van der Waals surface area contributed by atoms with Crippen molar-refractivity contribution in [2.75, 3.05) is 0 Å². The van der Waals surface area contributed by atoms with Gasteiger partial charge in [0.2, 0.25) is 0 Å². The number of rotatable bonds is 4. The third kappa shape index (κ3) is 2.99. The molecule has 2 nitrogen and oxygen atoms in total. The maximum absolute atomic E-state index is 13.6. The summed E-state index contributed by atoms with van der Waals surface area (Å²) >= 11 is 0. The number of aldehydes is 1. The lowest BCUT2D eigenvalue weighted by atomic mass is 10.1. The number of aryl methyl sites for hydroxylation is 1. The van der Waals surface area contributed by atoms with Crippen molar-refractivity contribution < 1.29 is 22.7 Å². The quantitative estimate of drug-likeness (QED) is 0.796. The van der Waals surface area contributed by atoms with Crippen LogP contribution in [0, 0.1) is 24.4 Å². The number of hydrogen-bond donors (Lipinski definition) is 0. The van der Waals surface area contributed by atoms with Crippen LogP contribution in [-0.4, -0.2) is 6.29 Å². The molecule has 0 aromatic heterocycles. The number of halogens is 3.